The molecule has 0 aliphatic carbocycles. The van der Waals surface area contributed by atoms with E-state index in [2.05, 4.69) is 0 Å². The Hall–Kier alpha value is -0.920. The molecule has 0 aromatic heterocycles. The number of methoxy groups -OCH3 is 1. The molecule has 0 amide bonds. The number of sulfonamides is 1. The average Bonchev–Trinajstić information content (AvgIpc) is 2.26. The van der Waals surface area contributed by atoms with E-state index in [9.17, 15) is 13.0 Å². The number of hydrogen-bond acceptors (Lipinski definition) is 4. The van der Waals surface area contributed by atoms with Gasteiger partial charge in [-0.1, -0.05) is 0 Å². The summed E-state index contributed by atoms with van der Waals surface area (Å²) in [5, 5.41) is 0. The van der Waals surface area contributed by atoms with Crippen molar-refractivity contribution in [2.24, 2.45) is 0 Å². The van der Waals surface area contributed by atoms with Crippen LogP contribution < -0.4 is 9.46 Å². The van der Waals surface area contributed by atoms with Crippen LogP contribution in [-0.4, -0.2) is 31.6 Å². The summed E-state index contributed by atoms with van der Waals surface area (Å²) in [6, 6.07) is 5.43. The highest BCUT2D eigenvalue weighted by atomic mass is 32.2. The van der Waals surface area contributed by atoms with Crippen molar-refractivity contribution in [1.82, 2.24) is 4.72 Å². The van der Waals surface area contributed by atoms with Crippen molar-refractivity contribution in [3.63, 3.8) is 0 Å². The molecule has 1 aromatic carbocycles. The maximum Gasteiger partial charge on any atom is 0.340 e. The Morgan fingerprint density at radius 2 is 1.82 bits per heavy atom. The van der Waals surface area contributed by atoms with Crippen molar-refractivity contribution in [3.8, 4) is 5.75 Å². The van der Waals surface area contributed by atoms with Crippen LogP contribution in [0.15, 0.2) is 29.2 Å². The average molecular weight is 281 g/mol. The number of hydrogen-bond donors (Lipinski definition) is 3. The van der Waals surface area contributed by atoms with Crippen molar-refractivity contribution in [2.75, 3.05) is 13.4 Å². The van der Waals surface area contributed by atoms with Crippen molar-refractivity contribution in [3.05, 3.63) is 24.3 Å². The topological polar surface area (TPSA) is 113 Å². The van der Waals surface area contributed by atoms with Crippen LogP contribution in [0, 0.1) is 0 Å². The third kappa shape index (κ3) is 4.45. The minimum atomic E-state index is -4.41. The highest BCUT2D eigenvalue weighted by Crippen LogP contribution is 2.32. The predicted molar refractivity (Wildman–Crippen MR) is 60.2 cm³/mol. The van der Waals surface area contributed by atoms with Crippen LogP contribution in [0.5, 0.6) is 5.75 Å². The van der Waals surface area contributed by atoms with E-state index in [4.69, 9.17) is 14.5 Å². The molecule has 0 spiro atoms. The first kappa shape index (κ1) is 14.1. The highest BCUT2D eigenvalue weighted by Gasteiger charge is 2.20. The van der Waals surface area contributed by atoms with E-state index >= 15 is 0 Å². The Balaban J connectivity index is 2.86. The summed E-state index contributed by atoms with van der Waals surface area (Å²) in [5.74, 6) is 0.485. The van der Waals surface area contributed by atoms with Gasteiger partial charge in [0.05, 0.1) is 12.0 Å². The molecule has 0 radical (unpaired) electrons. The fraction of sp³-hybridized carbons (Fsp3) is 0.250. The van der Waals surface area contributed by atoms with E-state index in [-0.39, 0.29) is 4.90 Å². The van der Waals surface area contributed by atoms with E-state index in [1.165, 1.54) is 31.4 Å². The Labute approximate surface area is 98.6 Å². The Morgan fingerprint density at radius 3 is 2.24 bits per heavy atom. The molecule has 3 N–H and O–H groups in total. The summed E-state index contributed by atoms with van der Waals surface area (Å²) in [6.45, 7) is 0. The van der Waals surface area contributed by atoms with Crippen LogP contribution in [0.25, 0.3) is 0 Å². The van der Waals surface area contributed by atoms with Crippen LogP contribution in [0.2, 0.25) is 0 Å². The summed E-state index contributed by atoms with van der Waals surface area (Å²) in [5.41, 5.74) is 0. The van der Waals surface area contributed by atoms with Crippen LogP contribution in [0.4, 0.5) is 0 Å². The first-order valence-corrected chi connectivity index (χ1v) is 7.71. The maximum atomic E-state index is 11.6. The summed E-state index contributed by atoms with van der Waals surface area (Å²) < 4.78 is 40.4. The van der Waals surface area contributed by atoms with E-state index < -0.39 is 23.9 Å². The lowest BCUT2D eigenvalue weighted by Crippen LogP contribution is -2.24. The van der Waals surface area contributed by atoms with Crippen LogP contribution >= 0.6 is 7.60 Å². The second-order valence-corrected chi connectivity index (χ2v) is 6.56. The van der Waals surface area contributed by atoms with Gasteiger partial charge in [-0.2, -0.15) is 4.72 Å². The van der Waals surface area contributed by atoms with Crippen LogP contribution in [0.3, 0.4) is 0 Å². The second-order valence-electron chi connectivity index (χ2n) is 3.15. The first-order chi connectivity index (χ1) is 7.74. The summed E-state index contributed by atoms with van der Waals surface area (Å²) in [4.78, 5) is 17.1. The van der Waals surface area contributed by atoms with Gasteiger partial charge in [-0.25, -0.2) is 8.42 Å². The molecular formula is C8H12NO6PS. The highest BCUT2D eigenvalue weighted by molar-refractivity contribution is 7.89. The van der Waals surface area contributed by atoms with Crippen LogP contribution in [-0.2, 0) is 14.6 Å². The Morgan fingerprint density at radius 1 is 1.29 bits per heavy atom. The molecule has 0 heterocycles. The molecule has 0 aliphatic heterocycles. The van der Waals surface area contributed by atoms with Crippen molar-refractivity contribution >= 4 is 17.6 Å². The number of nitrogens with one attached hydrogen (secondary N) is 1. The maximum absolute atomic E-state index is 11.6. The second kappa shape index (κ2) is 5.16. The van der Waals surface area contributed by atoms with Gasteiger partial charge in [-0.05, 0) is 24.3 Å². The van der Waals surface area contributed by atoms with E-state index in [1.807, 2.05) is 4.72 Å². The van der Waals surface area contributed by atoms with E-state index in [0.29, 0.717) is 5.75 Å². The molecule has 9 heteroatoms. The normalized spacial score (nSPS) is 12.4. The minimum Gasteiger partial charge on any atom is -0.497 e. The first-order valence-electron chi connectivity index (χ1n) is 4.43. The number of rotatable bonds is 5. The van der Waals surface area contributed by atoms with Gasteiger partial charge >= 0.3 is 7.60 Å². The molecule has 0 unspecified atom stereocenters. The van der Waals surface area contributed by atoms with E-state index in [1.54, 1.807) is 0 Å². The molecule has 0 saturated heterocycles. The van der Waals surface area contributed by atoms with Gasteiger partial charge in [0.1, 0.15) is 12.0 Å². The van der Waals surface area contributed by atoms with E-state index in [0.717, 1.165) is 0 Å². The zero-order chi connectivity index (χ0) is 13.1. The Bertz CT molecular complexity index is 519. The van der Waals surface area contributed by atoms with Crippen molar-refractivity contribution in [1.29, 1.82) is 0 Å². The molecule has 96 valence electrons. The summed E-state index contributed by atoms with van der Waals surface area (Å²) in [6.07, 6.45) is -0.929. The van der Waals surface area contributed by atoms with Crippen molar-refractivity contribution < 1.29 is 27.5 Å². The monoisotopic (exact) mass is 281 g/mol. The third-order valence-electron chi connectivity index (χ3n) is 1.83. The zero-order valence-corrected chi connectivity index (χ0v) is 10.6. The molecule has 7 nitrogen and oxygen atoms in total. The predicted octanol–water partition coefficient (Wildman–Crippen LogP) is 0.109. The molecular weight excluding hydrogens is 269 g/mol. The summed E-state index contributed by atoms with van der Waals surface area (Å²) >= 11 is 0. The number of benzene rings is 1. The van der Waals surface area contributed by atoms with Crippen LogP contribution in [0.1, 0.15) is 0 Å². The lowest BCUT2D eigenvalue weighted by molar-refractivity contribution is 0.371. The van der Waals surface area contributed by atoms with Gasteiger partial charge in [0.2, 0.25) is 10.0 Å². The van der Waals surface area contributed by atoms with Gasteiger partial charge in [0, 0.05) is 0 Å². The molecule has 0 bridgehead atoms. The summed E-state index contributed by atoms with van der Waals surface area (Å²) in [7, 11) is -6.89. The lowest BCUT2D eigenvalue weighted by atomic mass is 10.3. The van der Waals surface area contributed by atoms with Gasteiger partial charge in [-0.15, -0.1) is 0 Å². The Kier molecular flexibility index (Phi) is 4.29. The molecule has 17 heavy (non-hydrogen) atoms. The SMILES string of the molecule is COc1ccc(S(=O)(=O)NCP(=O)(O)O)cc1. The molecule has 0 aliphatic rings. The van der Waals surface area contributed by atoms with Gasteiger partial charge in [0.15, 0.2) is 0 Å². The standard InChI is InChI=1S/C8H12NO6PS/c1-15-7-2-4-8(5-3-7)17(13,14)9-6-16(10,11)12/h2-5,9H,6H2,1H3,(H2,10,11,12). The smallest absolute Gasteiger partial charge is 0.340 e. The molecule has 1 aromatic rings. The van der Waals surface area contributed by atoms with Gasteiger partial charge in [-0.3, -0.25) is 4.57 Å². The fourth-order valence-corrected chi connectivity index (χ4v) is 3.02. The quantitative estimate of drug-likeness (QED) is 0.660. The third-order valence-corrected chi connectivity index (χ3v) is 4.03. The molecule has 1 rings (SSSR count). The lowest BCUT2D eigenvalue weighted by Gasteiger charge is -2.08. The minimum absolute atomic E-state index is 0.0910. The number of ether oxygens (including phenoxy) is 1. The molecule has 0 fully saturated rings. The fourth-order valence-electron chi connectivity index (χ4n) is 1.01. The zero-order valence-electron chi connectivity index (χ0n) is 8.90. The van der Waals surface area contributed by atoms with Gasteiger partial charge < -0.3 is 14.5 Å². The van der Waals surface area contributed by atoms with Gasteiger partial charge in [0.25, 0.3) is 0 Å². The molecule has 0 atom stereocenters. The largest absolute Gasteiger partial charge is 0.497 e. The van der Waals surface area contributed by atoms with Crippen molar-refractivity contribution in [2.45, 2.75) is 4.90 Å². The molecule has 0 saturated carbocycles.